The molecule has 150 valence electrons. The topological polar surface area (TPSA) is 43.4 Å². The van der Waals surface area contributed by atoms with Crippen LogP contribution < -0.4 is 4.74 Å². The molecule has 4 atom stereocenters. The van der Waals surface area contributed by atoms with Gasteiger partial charge in [0, 0.05) is 11.8 Å². The van der Waals surface area contributed by atoms with Crippen molar-refractivity contribution >= 4 is 11.8 Å². The number of hydrogen-bond donors (Lipinski definition) is 0. The second kappa shape index (κ2) is 7.00. The molecule has 5 rings (SSSR count). The first-order chi connectivity index (χ1) is 13.6. The van der Waals surface area contributed by atoms with Crippen LogP contribution in [-0.2, 0) is 16.0 Å². The molecular formula is C25H32O3. The summed E-state index contributed by atoms with van der Waals surface area (Å²) in [5.41, 5.74) is 2.76. The van der Waals surface area contributed by atoms with Crippen LogP contribution in [0.5, 0.6) is 5.75 Å². The minimum Gasteiger partial charge on any atom is -0.426 e. The second-order valence-electron chi connectivity index (χ2n) is 9.95. The number of hydrogen-bond acceptors (Lipinski definition) is 3. The van der Waals surface area contributed by atoms with Crippen molar-refractivity contribution in [3.8, 4) is 5.75 Å². The molecule has 3 nitrogen and oxygen atoms in total. The zero-order valence-electron chi connectivity index (χ0n) is 17.0. The molecule has 0 aliphatic heterocycles. The molecule has 3 fully saturated rings. The van der Waals surface area contributed by atoms with Crippen LogP contribution in [0.2, 0.25) is 0 Å². The predicted octanol–water partition coefficient (Wildman–Crippen LogP) is 5.60. The predicted molar refractivity (Wildman–Crippen MR) is 108 cm³/mol. The first-order valence-electron chi connectivity index (χ1n) is 11.4. The summed E-state index contributed by atoms with van der Waals surface area (Å²) >= 11 is 0. The summed E-state index contributed by atoms with van der Waals surface area (Å²) in [4.78, 5) is 25.0. The third-order valence-corrected chi connectivity index (χ3v) is 8.56. The van der Waals surface area contributed by atoms with E-state index in [1.54, 1.807) is 0 Å². The molecule has 4 aliphatic carbocycles. The number of rotatable bonds is 2. The number of benzene rings is 1. The number of Topliss-reactive ketones (excluding diaryl/α,β-unsaturated/α-hetero) is 1. The number of carbonyl (C=O) groups is 2. The van der Waals surface area contributed by atoms with Gasteiger partial charge in [0.25, 0.3) is 0 Å². The number of esters is 1. The third-order valence-electron chi connectivity index (χ3n) is 8.56. The Labute approximate surface area is 168 Å². The van der Waals surface area contributed by atoms with E-state index < -0.39 is 0 Å². The normalized spacial score (nSPS) is 35.0. The van der Waals surface area contributed by atoms with Gasteiger partial charge < -0.3 is 4.74 Å². The van der Waals surface area contributed by atoms with Gasteiger partial charge >= 0.3 is 5.97 Å². The van der Waals surface area contributed by atoms with E-state index in [-0.39, 0.29) is 17.3 Å². The molecular weight excluding hydrogens is 348 g/mol. The van der Waals surface area contributed by atoms with E-state index in [0.29, 0.717) is 23.5 Å². The van der Waals surface area contributed by atoms with E-state index >= 15 is 0 Å². The molecule has 1 aromatic rings. The van der Waals surface area contributed by atoms with Gasteiger partial charge in [0.2, 0.25) is 0 Å². The third kappa shape index (κ3) is 2.93. The molecule has 0 heterocycles. The summed E-state index contributed by atoms with van der Waals surface area (Å²) < 4.78 is 5.77. The van der Waals surface area contributed by atoms with Crippen molar-refractivity contribution in [2.24, 2.45) is 23.2 Å². The minimum absolute atomic E-state index is 0.0359. The summed E-state index contributed by atoms with van der Waals surface area (Å²) in [6, 6.07) is 6.35. The highest BCUT2D eigenvalue weighted by molar-refractivity contribution is 5.87. The van der Waals surface area contributed by atoms with E-state index in [1.165, 1.54) is 24.0 Å². The van der Waals surface area contributed by atoms with E-state index in [4.69, 9.17) is 4.74 Å². The molecule has 4 aliphatic rings. The van der Waals surface area contributed by atoms with Crippen molar-refractivity contribution in [2.45, 2.75) is 83.5 Å². The molecule has 3 heteroatoms. The monoisotopic (exact) mass is 380 g/mol. The van der Waals surface area contributed by atoms with Crippen LogP contribution in [0.15, 0.2) is 18.2 Å². The summed E-state index contributed by atoms with van der Waals surface area (Å²) in [6.07, 6.45) is 11.8. The Hall–Kier alpha value is -1.64. The van der Waals surface area contributed by atoms with Crippen molar-refractivity contribution in [3.05, 3.63) is 29.3 Å². The Balaban J connectivity index is 1.33. The van der Waals surface area contributed by atoms with Crippen molar-refractivity contribution in [1.29, 1.82) is 0 Å². The van der Waals surface area contributed by atoms with Gasteiger partial charge in [0.1, 0.15) is 11.5 Å². The molecule has 0 bridgehead atoms. The maximum atomic E-state index is 12.5. The Bertz CT molecular complexity index is 791. The maximum Gasteiger partial charge on any atom is 0.314 e. The fourth-order valence-electron chi connectivity index (χ4n) is 6.93. The number of fused-ring (bicyclic) bond motifs is 5. The molecule has 3 saturated carbocycles. The van der Waals surface area contributed by atoms with E-state index in [2.05, 4.69) is 19.1 Å². The molecule has 0 N–H and O–H groups in total. The largest absolute Gasteiger partial charge is 0.426 e. The average molecular weight is 381 g/mol. The van der Waals surface area contributed by atoms with Crippen LogP contribution in [-0.4, -0.2) is 11.8 Å². The Morgan fingerprint density at radius 3 is 2.68 bits per heavy atom. The number of aryl methyl sites for hydroxylation is 1. The number of ether oxygens (including phenoxy) is 1. The summed E-state index contributed by atoms with van der Waals surface area (Å²) in [6.45, 7) is 2.23. The number of carbonyl (C=O) groups excluding carboxylic acids is 2. The van der Waals surface area contributed by atoms with Crippen molar-refractivity contribution in [2.75, 3.05) is 0 Å². The van der Waals surface area contributed by atoms with E-state index in [9.17, 15) is 9.59 Å². The summed E-state index contributed by atoms with van der Waals surface area (Å²) in [5, 5.41) is 0. The number of ketones is 1. The molecule has 1 aromatic carbocycles. The Morgan fingerprint density at radius 1 is 1.04 bits per heavy atom. The summed E-state index contributed by atoms with van der Waals surface area (Å²) in [5.74, 6) is 3.08. The van der Waals surface area contributed by atoms with Crippen LogP contribution in [0.1, 0.15) is 88.2 Å². The minimum atomic E-state index is -0.0614. The quantitative estimate of drug-likeness (QED) is 0.496. The maximum absolute atomic E-state index is 12.5. The second-order valence-corrected chi connectivity index (χ2v) is 9.95. The lowest BCUT2D eigenvalue weighted by Crippen LogP contribution is -2.42. The van der Waals surface area contributed by atoms with Crippen LogP contribution >= 0.6 is 0 Å². The summed E-state index contributed by atoms with van der Waals surface area (Å²) in [7, 11) is 0. The molecule has 0 radical (unpaired) electrons. The lowest BCUT2D eigenvalue weighted by atomic mass is 9.55. The molecule has 0 aromatic heterocycles. The first-order valence-corrected chi connectivity index (χ1v) is 11.4. The van der Waals surface area contributed by atoms with Gasteiger partial charge in [-0.05, 0) is 86.0 Å². The standard InChI is InChI=1S/C25H32O3/c1-25-14-13-20-19-10-8-18(28-24(27)16-5-3-2-4-6-16)15-17(19)7-9-21(20)22(25)11-12-23(25)26/h8,10,15-16,20-22H,2-7,9,11-14H2,1H3/t20?,21?,22?,25-/m0/s1. The van der Waals surface area contributed by atoms with Gasteiger partial charge in [-0.15, -0.1) is 0 Å². The molecule has 28 heavy (non-hydrogen) atoms. The zero-order valence-corrected chi connectivity index (χ0v) is 17.0. The van der Waals surface area contributed by atoms with Crippen LogP contribution in [0.25, 0.3) is 0 Å². The Kier molecular flexibility index (Phi) is 4.60. The smallest absolute Gasteiger partial charge is 0.314 e. The molecule has 3 unspecified atom stereocenters. The van der Waals surface area contributed by atoms with Crippen molar-refractivity contribution < 1.29 is 14.3 Å². The van der Waals surface area contributed by atoms with Gasteiger partial charge in [-0.1, -0.05) is 32.3 Å². The van der Waals surface area contributed by atoms with Crippen molar-refractivity contribution in [1.82, 2.24) is 0 Å². The van der Waals surface area contributed by atoms with Gasteiger partial charge in [0.15, 0.2) is 0 Å². The molecule has 0 saturated heterocycles. The van der Waals surface area contributed by atoms with Gasteiger partial charge in [-0.3, -0.25) is 9.59 Å². The molecule has 0 amide bonds. The molecule has 0 spiro atoms. The SMILES string of the molecule is C[C@]12CCC3c4ccc(OC(=O)C5CCCCC5)cc4CCC3C1CCC2=O. The fraction of sp³-hybridized carbons (Fsp3) is 0.680. The van der Waals surface area contributed by atoms with E-state index in [0.717, 1.165) is 63.5 Å². The van der Waals surface area contributed by atoms with Crippen LogP contribution in [0, 0.1) is 23.2 Å². The van der Waals surface area contributed by atoms with E-state index in [1.807, 2.05) is 6.07 Å². The van der Waals surface area contributed by atoms with Crippen molar-refractivity contribution in [3.63, 3.8) is 0 Å². The lowest BCUT2D eigenvalue weighted by Gasteiger charge is -2.48. The lowest BCUT2D eigenvalue weighted by molar-refractivity contribution is -0.140. The van der Waals surface area contributed by atoms with Gasteiger partial charge in [-0.25, -0.2) is 0 Å². The Morgan fingerprint density at radius 2 is 1.86 bits per heavy atom. The van der Waals surface area contributed by atoms with Gasteiger partial charge in [0.05, 0.1) is 5.92 Å². The highest BCUT2D eigenvalue weighted by Gasteiger charge is 2.54. The zero-order chi connectivity index (χ0) is 19.3. The average Bonchev–Trinajstić information content (AvgIpc) is 3.03. The highest BCUT2D eigenvalue weighted by atomic mass is 16.5. The van der Waals surface area contributed by atoms with Crippen LogP contribution in [0.3, 0.4) is 0 Å². The fourth-order valence-corrected chi connectivity index (χ4v) is 6.93. The van der Waals surface area contributed by atoms with Crippen LogP contribution in [0.4, 0.5) is 0 Å². The highest BCUT2D eigenvalue weighted by Crippen LogP contribution is 2.59. The van der Waals surface area contributed by atoms with Gasteiger partial charge in [-0.2, -0.15) is 0 Å². The first kappa shape index (κ1) is 18.4.